The number of carbonyl (C=O) groups is 2. The second-order valence-electron chi connectivity index (χ2n) is 8.15. The van der Waals surface area contributed by atoms with Crippen molar-refractivity contribution in [3.05, 3.63) is 121 Å². The third kappa shape index (κ3) is 4.81. The average Bonchev–Trinajstić information content (AvgIpc) is 3.53. The van der Waals surface area contributed by atoms with E-state index >= 15 is 0 Å². The molecule has 1 aliphatic rings. The number of furan rings is 1. The molecule has 1 atom stereocenters. The molecule has 0 saturated heterocycles. The molecular weight excluding hydrogens is 492 g/mol. The van der Waals surface area contributed by atoms with Crippen LogP contribution in [0.5, 0.6) is 5.75 Å². The van der Waals surface area contributed by atoms with E-state index in [1.807, 2.05) is 30.3 Å². The van der Waals surface area contributed by atoms with Crippen molar-refractivity contribution in [1.82, 2.24) is 4.57 Å². The maximum absolute atomic E-state index is 13.7. The van der Waals surface area contributed by atoms with Crippen molar-refractivity contribution in [2.24, 2.45) is 4.99 Å². The average molecular weight is 515 g/mol. The molecule has 2 aromatic carbocycles. The lowest BCUT2D eigenvalue weighted by atomic mass is 9.96. The second kappa shape index (κ2) is 10.2. The van der Waals surface area contributed by atoms with Crippen LogP contribution in [-0.4, -0.2) is 23.1 Å². The minimum atomic E-state index is -0.667. The molecule has 1 unspecified atom stereocenters. The highest BCUT2D eigenvalue weighted by Gasteiger charge is 2.33. The fourth-order valence-electron chi connectivity index (χ4n) is 4.11. The fourth-order valence-corrected chi connectivity index (χ4v) is 5.16. The van der Waals surface area contributed by atoms with E-state index in [9.17, 15) is 14.4 Å². The molecule has 3 heterocycles. The molecule has 5 rings (SSSR count). The van der Waals surface area contributed by atoms with E-state index in [0.29, 0.717) is 31.9 Å². The Bertz CT molecular complexity index is 1680. The number of esters is 2. The van der Waals surface area contributed by atoms with Gasteiger partial charge in [0.15, 0.2) is 4.80 Å². The van der Waals surface area contributed by atoms with Gasteiger partial charge in [0.2, 0.25) is 5.76 Å². The van der Waals surface area contributed by atoms with Gasteiger partial charge in [-0.1, -0.05) is 53.8 Å². The van der Waals surface area contributed by atoms with E-state index in [-0.39, 0.29) is 17.9 Å². The Hall–Kier alpha value is -4.50. The van der Waals surface area contributed by atoms with Crippen molar-refractivity contribution in [3.8, 4) is 5.75 Å². The Kier molecular flexibility index (Phi) is 6.70. The van der Waals surface area contributed by atoms with Crippen molar-refractivity contribution in [1.29, 1.82) is 0 Å². The molecule has 0 fully saturated rings. The highest BCUT2D eigenvalue weighted by Crippen LogP contribution is 2.30. The molecule has 2 aromatic heterocycles. The summed E-state index contributed by atoms with van der Waals surface area (Å²) >= 11 is 1.22. The lowest BCUT2D eigenvalue weighted by molar-refractivity contribution is -0.139. The van der Waals surface area contributed by atoms with E-state index in [1.165, 1.54) is 28.2 Å². The van der Waals surface area contributed by atoms with Gasteiger partial charge in [-0.25, -0.2) is 14.6 Å². The predicted octanol–water partition coefficient (Wildman–Crippen LogP) is 3.61. The van der Waals surface area contributed by atoms with Crippen molar-refractivity contribution < 1.29 is 23.5 Å². The van der Waals surface area contributed by atoms with Gasteiger partial charge in [0, 0.05) is 0 Å². The van der Waals surface area contributed by atoms with Crippen molar-refractivity contribution in [3.63, 3.8) is 0 Å². The maximum atomic E-state index is 13.7. The molecule has 0 saturated carbocycles. The van der Waals surface area contributed by atoms with Crippen molar-refractivity contribution >= 4 is 29.4 Å². The van der Waals surface area contributed by atoms with Crippen LogP contribution < -0.4 is 19.6 Å². The van der Waals surface area contributed by atoms with Gasteiger partial charge < -0.3 is 13.9 Å². The number of allylic oxidation sites excluding steroid dienone is 1. The topological polar surface area (TPSA) is 100 Å². The number of fused-ring (bicyclic) bond motifs is 1. The van der Waals surface area contributed by atoms with Crippen LogP contribution in [0.2, 0.25) is 0 Å². The molecule has 37 heavy (non-hydrogen) atoms. The van der Waals surface area contributed by atoms with Gasteiger partial charge in [0.05, 0.1) is 34.7 Å². The first-order valence-electron chi connectivity index (χ1n) is 11.6. The van der Waals surface area contributed by atoms with Crippen molar-refractivity contribution in [2.75, 3.05) is 6.61 Å². The monoisotopic (exact) mass is 514 g/mol. The smallest absolute Gasteiger partial charge is 0.379 e. The van der Waals surface area contributed by atoms with Gasteiger partial charge in [0.1, 0.15) is 5.75 Å². The molecule has 0 radical (unpaired) electrons. The summed E-state index contributed by atoms with van der Waals surface area (Å²) in [5.74, 6) is -0.720. The van der Waals surface area contributed by atoms with E-state index < -0.39 is 18.0 Å². The Morgan fingerprint density at radius 2 is 1.89 bits per heavy atom. The third-order valence-electron chi connectivity index (χ3n) is 5.72. The third-order valence-corrected chi connectivity index (χ3v) is 6.70. The first kappa shape index (κ1) is 24.2. The van der Waals surface area contributed by atoms with E-state index in [4.69, 9.17) is 13.9 Å². The van der Waals surface area contributed by atoms with Crippen LogP contribution in [0.1, 0.15) is 41.6 Å². The summed E-state index contributed by atoms with van der Waals surface area (Å²) in [6.07, 6.45) is 3.10. The zero-order valence-corrected chi connectivity index (χ0v) is 20.9. The van der Waals surface area contributed by atoms with Crippen LogP contribution in [0.25, 0.3) is 6.08 Å². The number of hydrogen-bond acceptors (Lipinski definition) is 8. The number of hydrogen-bond donors (Lipinski definition) is 0. The van der Waals surface area contributed by atoms with Crippen LogP contribution in [0, 0.1) is 0 Å². The highest BCUT2D eigenvalue weighted by atomic mass is 32.1. The molecule has 0 aliphatic carbocycles. The molecule has 9 heteroatoms. The molecule has 0 spiro atoms. The van der Waals surface area contributed by atoms with Gasteiger partial charge in [-0.05, 0) is 55.3 Å². The molecule has 0 amide bonds. The van der Waals surface area contributed by atoms with Crippen LogP contribution in [0.3, 0.4) is 0 Å². The van der Waals surface area contributed by atoms with Gasteiger partial charge in [-0.15, -0.1) is 0 Å². The number of carbonyl (C=O) groups excluding carboxylic acids is 2. The zero-order chi connectivity index (χ0) is 25.9. The number of rotatable bonds is 6. The van der Waals surface area contributed by atoms with Gasteiger partial charge >= 0.3 is 11.9 Å². The summed E-state index contributed by atoms with van der Waals surface area (Å²) in [6.45, 7) is 3.69. The van der Waals surface area contributed by atoms with Crippen molar-refractivity contribution in [2.45, 2.75) is 19.9 Å². The Morgan fingerprint density at radius 1 is 1.08 bits per heavy atom. The molecule has 0 N–H and O–H groups in total. The van der Waals surface area contributed by atoms with E-state index in [1.54, 1.807) is 50.3 Å². The zero-order valence-electron chi connectivity index (χ0n) is 20.0. The number of aromatic nitrogens is 1. The maximum Gasteiger partial charge on any atom is 0.379 e. The van der Waals surface area contributed by atoms with E-state index in [0.717, 1.165) is 5.56 Å². The Labute approximate surface area is 215 Å². The summed E-state index contributed by atoms with van der Waals surface area (Å²) in [7, 11) is 0. The van der Waals surface area contributed by atoms with E-state index in [2.05, 4.69) is 4.99 Å². The molecule has 8 nitrogen and oxygen atoms in total. The summed E-state index contributed by atoms with van der Waals surface area (Å²) in [5.41, 5.74) is 1.99. The lowest BCUT2D eigenvalue weighted by Crippen LogP contribution is -2.39. The lowest BCUT2D eigenvalue weighted by Gasteiger charge is -2.24. The predicted molar refractivity (Wildman–Crippen MR) is 137 cm³/mol. The Balaban J connectivity index is 1.57. The number of nitrogens with zero attached hydrogens (tertiary/aromatic N) is 2. The highest BCUT2D eigenvalue weighted by molar-refractivity contribution is 7.07. The summed E-state index contributed by atoms with van der Waals surface area (Å²) < 4.78 is 17.7. The minimum absolute atomic E-state index is 0.0902. The number of thiazole rings is 1. The first-order chi connectivity index (χ1) is 18.0. The van der Waals surface area contributed by atoms with Gasteiger partial charge in [-0.2, -0.15) is 0 Å². The Morgan fingerprint density at radius 3 is 2.62 bits per heavy atom. The van der Waals surface area contributed by atoms with Gasteiger partial charge in [-0.3, -0.25) is 9.36 Å². The van der Waals surface area contributed by atoms with Crippen LogP contribution in [0.15, 0.2) is 98.5 Å². The molecule has 4 aromatic rings. The van der Waals surface area contributed by atoms with Crippen LogP contribution >= 0.6 is 11.3 Å². The quantitative estimate of drug-likeness (QED) is 0.288. The molecule has 186 valence electrons. The summed E-state index contributed by atoms with van der Waals surface area (Å²) in [5, 5.41) is 0. The molecule has 1 aliphatic heterocycles. The molecule has 0 bridgehead atoms. The molecular formula is C28H22N2O6S. The summed E-state index contributed by atoms with van der Waals surface area (Å²) in [4.78, 5) is 43.9. The minimum Gasteiger partial charge on any atom is -0.463 e. The van der Waals surface area contributed by atoms with Crippen LogP contribution in [0.4, 0.5) is 0 Å². The van der Waals surface area contributed by atoms with Gasteiger partial charge in [0.25, 0.3) is 5.56 Å². The SMILES string of the molecule is CCOC(=O)C1=C(C)N=c2s/c(=C\c3cccc(OC(=O)c4ccco4)c3)c(=O)n2C1c1ccccc1. The standard InChI is InChI=1S/C28H22N2O6S/c1-3-34-27(33)23-17(2)29-28-30(24(23)19-10-5-4-6-11-19)25(31)22(37-28)16-18-9-7-12-20(15-18)36-26(32)21-13-8-14-35-21/h4-16,24H,3H2,1-2H3/b22-16-. The largest absolute Gasteiger partial charge is 0.463 e. The van der Waals surface area contributed by atoms with Crippen LogP contribution in [-0.2, 0) is 9.53 Å². The number of benzene rings is 2. The summed E-state index contributed by atoms with van der Waals surface area (Å²) in [6, 6.07) is 18.6. The first-order valence-corrected chi connectivity index (χ1v) is 12.4. The normalized spacial score (nSPS) is 15.2. The fraction of sp³-hybridized carbons (Fsp3) is 0.143. The second-order valence-corrected chi connectivity index (χ2v) is 9.16. The number of ether oxygens (including phenoxy) is 2.